The van der Waals surface area contributed by atoms with Crippen molar-refractivity contribution in [3.63, 3.8) is 0 Å². The first kappa shape index (κ1) is 16.4. The minimum Gasteiger partial charge on any atom is -0.447 e. The third kappa shape index (κ3) is 2.86. The van der Waals surface area contributed by atoms with Gasteiger partial charge in [0.1, 0.15) is 0 Å². The van der Waals surface area contributed by atoms with Gasteiger partial charge in [0.05, 0.1) is 11.9 Å². The predicted octanol–water partition coefficient (Wildman–Crippen LogP) is 4.67. The fraction of sp³-hybridized carbons (Fsp3) is 0.238. The molecule has 0 saturated heterocycles. The fourth-order valence-corrected chi connectivity index (χ4v) is 3.35. The molecule has 1 amide bonds. The first-order chi connectivity index (χ1) is 12.5. The number of carbonyl (C=O) groups is 1. The highest BCUT2D eigenvalue weighted by Crippen LogP contribution is 2.36. The largest absolute Gasteiger partial charge is 0.447 e. The maximum absolute atomic E-state index is 12.6. The van der Waals surface area contributed by atoms with Gasteiger partial charge in [0, 0.05) is 23.3 Å². The fourth-order valence-electron chi connectivity index (χ4n) is 3.35. The molecule has 0 unspecified atom stereocenters. The van der Waals surface area contributed by atoms with E-state index in [1.54, 1.807) is 12.4 Å². The van der Waals surface area contributed by atoms with Gasteiger partial charge in [-0.15, -0.1) is 0 Å². The topological polar surface area (TPSA) is 67.2 Å². The third-order valence-corrected chi connectivity index (χ3v) is 4.57. The Bertz CT molecular complexity index is 1020. The van der Waals surface area contributed by atoms with E-state index in [4.69, 9.17) is 4.42 Å². The summed E-state index contributed by atoms with van der Waals surface area (Å²) in [5.74, 6) is 0.0276. The third-order valence-electron chi connectivity index (χ3n) is 4.57. The summed E-state index contributed by atoms with van der Waals surface area (Å²) in [6.45, 7) is 7.95. The zero-order valence-corrected chi connectivity index (χ0v) is 14.9. The Morgan fingerprint density at radius 3 is 2.92 bits per heavy atom. The van der Waals surface area contributed by atoms with E-state index in [1.807, 2.05) is 26.0 Å². The summed E-state index contributed by atoms with van der Waals surface area (Å²) in [6, 6.07) is 8.09. The number of amides is 1. The van der Waals surface area contributed by atoms with Crippen molar-refractivity contribution in [2.75, 3.05) is 5.32 Å². The number of carbonyl (C=O) groups excluding carboxylic acids is 1. The molecule has 26 heavy (non-hydrogen) atoms. The predicted molar refractivity (Wildman–Crippen MR) is 104 cm³/mol. The molecule has 0 radical (unpaired) electrons. The Morgan fingerprint density at radius 2 is 2.12 bits per heavy atom. The van der Waals surface area contributed by atoms with Gasteiger partial charge < -0.3 is 15.1 Å². The average molecular weight is 347 g/mol. The van der Waals surface area contributed by atoms with Gasteiger partial charge in [-0.05, 0) is 61.6 Å². The van der Waals surface area contributed by atoms with Crippen molar-refractivity contribution >= 4 is 33.8 Å². The maximum atomic E-state index is 12.6. The van der Waals surface area contributed by atoms with E-state index < -0.39 is 0 Å². The smallest absolute Gasteiger partial charge is 0.289 e. The number of nitrogens with zero attached hydrogens (tertiary/aromatic N) is 1. The van der Waals surface area contributed by atoms with Crippen LogP contribution in [0.4, 0.5) is 11.4 Å². The zero-order chi connectivity index (χ0) is 18.3. The lowest BCUT2D eigenvalue weighted by Crippen LogP contribution is -2.30. The van der Waals surface area contributed by atoms with Crippen LogP contribution in [0.5, 0.6) is 0 Å². The molecular weight excluding hydrogens is 326 g/mol. The number of hydrogen-bond donors (Lipinski definition) is 2. The van der Waals surface area contributed by atoms with Gasteiger partial charge in [0.15, 0.2) is 5.58 Å². The molecule has 1 aromatic carbocycles. The monoisotopic (exact) mass is 347 g/mol. The Balaban J connectivity index is 1.75. The maximum Gasteiger partial charge on any atom is 0.289 e. The van der Waals surface area contributed by atoms with E-state index >= 15 is 0 Å². The molecule has 1 aliphatic carbocycles. The highest BCUT2D eigenvalue weighted by Gasteiger charge is 2.22. The summed E-state index contributed by atoms with van der Waals surface area (Å²) in [5.41, 5.74) is 5.87. The molecule has 0 fully saturated rings. The average Bonchev–Trinajstić information content (AvgIpc) is 3.16. The molecule has 2 N–H and O–H groups in total. The molecule has 5 heteroatoms. The van der Waals surface area contributed by atoms with Crippen molar-refractivity contribution in [2.24, 2.45) is 0 Å². The molecular formula is C21H21N3O2. The molecule has 3 aromatic rings. The van der Waals surface area contributed by atoms with E-state index in [1.165, 1.54) is 16.7 Å². The van der Waals surface area contributed by atoms with Crippen LogP contribution >= 0.6 is 0 Å². The van der Waals surface area contributed by atoms with Crippen molar-refractivity contribution in [3.05, 3.63) is 60.1 Å². The minimum absolute atomic E-state index is 0.0210. The first-order valence-corrected chi connectivity index (χ1v) is 8.78. The number of aromatic nitrogens is 1. The highest BCUT2D eigenvalue weighted by molar-refractivity contribution is 6.07. The van der Waals surface area contributed by atoms with Crippen molar-refractivity contribution in [1.82, 2.24) is 10.3 Å². The summed E-state index contributed by atoms with van der Waals surface area (Å²) in [7, 11) is 0. The number of aryl methyl sites for hydroxylation is 1. The number of benzene rings is 1. The van der Waals surface area contributed by atoms with E-state index in [-0.39, 0.29) is 17.7 Å². The standard InChI is InChI=1S/C21H21N3O2/c1-12(2)23-21(25)20-19(17-8-9-22-11-18(17)26-20)24-15-6-7-16-13(3)4-5-14(16)10-15/h6-12,24H,3-5H2,1-2H3,(H,23,25). The summed E-state index contributed by atoms with van der Waals surface area (Å²) in [5, 5.41) is 7.10. The Hall–Kier alpha value is -3.08. The quantitative estimate of drug-likeness (QED) is 0.720. The number of nitrogens with one attached hydrogen (secondary N) is 2. The minimum atomic E-state index is -0.242. The van der Waals surface area contributed by atoms with Crippen LogP contribution < -0.4 is 10.6 Å². The van der Waals surface area contributed by atoms with Crippen LogP contribution in [-0.2, 0) is 6.42 Å². The molecule has 2 heterocycles. The van der Waals surface area contributed by atoms with Gasteiger partial charge in [0.2, 0.25) is 5.76 Å². The number of fused-ring (bicyclic) bond motifs is 2. The Kier molecular flexibility index (Phi) is 3.99. The molecule has 0 spiro atoms. The summed E-state index contributed by atoms with van der Waals surface area (Å²) < 4.78 is 5.79. The number of rotatable bonds is 4. The number of furan rings is 1. The van der Waals surface area contributed by atoms with Crippen LogP contribution in [-0.4, -0.2) is 16.9 Å². The molecule has 5 nitrogen and oxygen atoms in total. The van der Waals surface area contributed by atoms with Crippen LogP contribution in [0, 0.1) is 0 Å². The SMILES string of the molecule is C=C1CCc2cc(Nc3c(C(=O)NC(C)C)oc4cnccc34)ccc21. The molecule has 0 bridgehead atoms. The van der Waals surface area contributed by atoms with E-state index in [2.05, 4.69) is 34.3 Å². The second-order valence-electron chi connectivity index (χ2n) is 6.91. The lowest BCUT2D eigenvalue weighted by atomic mass is 10.1. The lowest BCUT2D eigenvalue weighted by molar-refractivity contribution is 0.0918. The van der Waals surface area contributed by atoms with Gasteiger partial charge in [-0.2, -0.15) is 0 Å². The highest BCUT2D eigenvalue weighted by atomic mass is 16.3. The summed E-state index contributed by atoms with van der Waals surface area (Å²) >= 11 is 0. The van der Waals surface area contributed by atoms with Crippen molar-refractivity contribution in [3.8, 4) is 0 Å². The van der Waals surface area contributed by atoms with E-state index in [0.29, 0.717) is 11.3 Å². The lowest BCUT2D eigenvalue weighted by Gasteiger charge is -2.11. The van der Waals surface area contributed by atoms with Crippen LogP contribution in [0.2, 0.25) is 0 Å². The number of pyridine rings is 1. The van der Waals surface area contributed by atoms with E-state index in [9.17, 15) is 4.79 Å². The van der Waals surface area contributed by atoms with Crippen LogP contribution in [0.1, 0.15) is 41.9 Å². The summed E-state index contributed by atoms with van der Waals surface area (Å²) in [6.07, 6.45) is 5.32. The molecule has 0 atom stereocenters. The van der Waals surface area contributed by atoms with Gasteiger partial charge in [0.25, 0.3) is 5.91 Å². The summed E-state index contributed by atoms with van der Waals surface area (Å²) in [4.78, 5) is 16.7. The molecule has 1 aliphatic rings. The normalized spacial score (nSPS) is 13.3. The van der Waals surface area contributed by atoms with Gasteiger partial charge in [-0.3, -0.25) is 9.78 Å². The van der Waals surface area contributed by atoms with Gasteiger partial charge >= 0.3 is 0 Å². The van der Waals surface area contributed by atoms with Gasteiger partial charge in [-0.1, -0.05) is 12.6 Å². The molecule has 0 aliphatic heterocycles. The number of anilines is 2. The van der Waals surface area contributed by atoms with Crippen molar-refractivity contribution in [1.29, 1.82) is 0 Å². The second-order valence-corrected chi connectivity index (χ2v) is 6.91. The zero-order valence-electron chi connectivity index (χ0n) is 14.9. The Labute approximate surface area is 152 Å². The van der Waals surface area contributed by atoms with Crippen LogP contribution in [0.15, 0.2) is 47.7 Å². The number of allylic oxidation sites excluding steroid dienone is 1. The van der Waals surface area contributed by atoms with Crippen molar-refractivity contribution < 1.29 is 9.21 Å². The van der Waals surface area contributed by atoms with Crippen molar-refractivity contribution in [2.45, 2.75) is 32.7 Å². The van der Waals surface area contributed by atoms with Gasteiger partial charge in [-0.25, -0.2) is 0 Å². The van der Waals surface area contributed by atoms with E-state index in [0.717, 1.165) is 23.9 Å². The second kappa shape index (κ2) is 6.33. The van der Waals surface area contributed by atoms with Crippen LogP contribution in [0.3, 0.4) is 0 Å². The Morgan fingerprint density at radius 1 is 1.27 bits per heavy atom. The number of hydrogen-bond acceptors (Lipinski definition) is 4. The van der Waals surface area contributed by atoms with Crippen LogP contribution in [0.25, 0.3) is 16.5 Å². The molecule has 2 aromatic heterocycles. The first-order valence-electron chi connectivity index (χ1n) is 8.78. The molecule has 0 saturated carbocycles. The molecule has 4 rings (SSSR count). The molecule has 132 valence electrons.